The Morgan fingerprint density at radius 3 is 2.67 bits per heavy atom. The van der Waals surface area contributed by atoms with Gasteiger partial charge in [-0.1, -0.05) is 12.1 Å². The van der Waals surface area contributed by atoms with E-state index in [9.17, 15) is 9.18 Å². The van der Waals surface area contributed by atoms with Gasteiger partial charge in [-0.3, -0.25) is 9.69 Å². The van der Waals surface area contributed by atoms with E-state index in [1.165, 1.54) is 12.1 Å². The van der Waals surface area contributed by atoms with E-state index < -0.39 is 0 Å². The minimum atomic E-state index is -0.207. The molecule has 0 aliphatic carbocycles. The van der Waals surface area contributed by atoms with Crippen LogP contribution in [-0.2, 0) is 16.1 Å². The second kappa shape index (κ2) is 6.12. The van der Waals surface area contributed by atoms with Crippen molar-refractivity contribution in [1.82, 2.24) is 9.80 Å². The summed E-state index contributed by atoms with van der Waals surface area (Å²) in [7, 11) is 1.66. The Labute approximate surface area is 124 Å². The van der Waals surface area contributed by atoms with Crippen LogP contribution in [0.3, 0.4) is 0 Å². The molecule has 114 valence electrons. The van der Waals surface area contributed by atoms with Crippen LogP contribution in [0.25, 0.3) is 0 Å². The molecule has 4 nitrogen and oxygen atoms in total. The lowest BCUT2D eigenvalue weighted by molar-refractivity contribution is -0.131. The summed E-state index contributed by atoms with van der Waals surface area (Å²) >= 11 is 0. The summed E-state index contributed by atoms with van der Waals surface area (Å²) in [6.07, 6.45) is 0. The van der Waals surface area contributed by atoms with Gasteiger partial charge in [0.2, 0.25) is 5.91 Å². The van der Waals surface area contributed by atoms with Gasteiger partial charge in [0.1, 0.15) is 5.82 Å². The van der Waals surface area contributed by atoms with Gasteiger partial charge in [-0.2, -0.15) is 0 Å². The molecule has 0 unspecified atom stereocenters. The van der Waals surface area contributed by atoms with Crippen LogP contribution in [-0.4, -0.2) is 55.6 Å². The Bertz CT molecular complexity index is 506. The molecule has 0 saturated carbocycles. The van der Waals surface area contributed by atoms with Crippen molar-refractivity contribution in [1.29, 1.82) is 0 Å². The lowest BCUT2D eigenvalue weighted by Crippen LogP contribution is -2.34. The largest absolute Gasteiger partial charge is 0.383 e. The van der Waals surface area contributed by atoms with Gasteiger partial charge in [0.15, 0.2) is 0 Å². The molecule has 3 rings (SSSR count). The number of hydrogen-bond donors (Lipinski definition) is 0. The number of fused-ring (bicyclic) bond motifs is 1. The summed E-state index contributed by atoms with van der Waals surface area (Å²) in [5.41, 5.74) is 1.10. The highest BCUT2D eigenvalue weighted by Crippen LogP contribution is 2.32. The number of ether oxygens (including phenoxy) is 1. The number of likely N-dealkylation sites (tertiary alicyclic amines) is 2. The summed E-state index contributed by atoms with van der Waals surface area (Å²) in [6.45, 7) is 4.68. The zero-order chi connectivity index (χ0) is 14.8. The molecule has 1 aromatic carbocycles. The summed E-state index contributed by atoms with van der Waals surface area (Å²) in [4.78, 5) is 16.6. The predicted octanol–water partition coefficient (Wildman–Crippen LogP) is 1.36. The quantitative estimate of drug-likeness (QED) is 0.821. The second-order valence-electron chi connectivity index (χ2n) is 5.96. The van der Waals surface area contributed by atoms with Crippen molar-refractivity contribution < 1.29 is 13.9 Å². The maximum Gasteiger partial charge on any atom is 0.227 e. The Morgan fingerprint density at radius 2 is 2.00 bits per heavy atom. The molecular weight excluding hydrogens is 271 g/mol. The van der Waals surface area contributed by atoms with Gasteiger partial charge in [0.05, 0.1) is 12.5 Å². The molecule has 5 heteroatoms. The molecule has 2 atom stereocenters. The molecule has 1 amide bonds. The zero-order valence-corrected chi connectivity index (χ0v) is 12.3. The Balaban J connectivity index is 1.56. The summed E-state index contributed by atoms with van der Waals surface area (Å²) in [5, 5.41) is 0. The second-order valence-corrected chi connectivity index (χ2v) is 5.96. The topological polar surface area (TPSA) is 32.8 Å². The van der Waals surface area contributed by atoms with Crippen LogP contribution < -0.4 is 0 Å². The molecule has 0 bridgehead atoms. The third-order valence-electron chi connectivity index (χ3n) is 4.49. The van der Waals surface area contributed by atoms with Crippen molar-refractivity contribution in [3.8, 4) is 0 Å². The highest BCUT2D eigenvalue weighted by Gasteiger charge is 2.45. The molecule has 2 saturated heterocycles. The van der Waals surface area contributed by atoms with E-state index in [1.54, 1.807) is 7.11 Å². The third-order valence-corrected chi connectivity index (χ3v) is 4.49. The summed E-state index contributed by atoms with van der Waals surface area (Å²) in [6, 6.07) is 6.61. The van der Waals surface area contributed by atoms with Crippen molar-refractivity contribution in [3.05, 3.63) is 35.6 Å². The fourth-order valence-electron chi connectivity index (χ4n) is 3.41. The molecule has 2 aliphatic heterocycles. The van der Waals surface area contributed by atoms with Crippen LogP contribution in [0, 0.1) is 17.7 Å². The molecule has 21 heavy (non-hydrogen) atoms. The van der Waals surface area contributed by atoms with Crippen molar-refractivity contribution in [3.63, 3.8) is 0 Å². The number of nitrogens with zero attached hydrogens (tertiary/aromatic N) is 2. The number of amides is 1. The van der Waals surface area contributed by atoms with E-state index in [1.807, 2.05) is 17.0 Å². The first kappa shape index (κ1) is 14.5. The number of halogens is 1. The molecule has 2 aliphatic rings. The monoisotopic (exact) mass is 292 g/mol. The van der Waals surface area contributed by atoms with E-state index in [-0.39, 0.29) is 17.6 Å². The van der Waals surface area contributed by atoms with Crippen molar-refractivity contribution >= 4 is 5.91 Å². The lowest BCUT2D eigenvalue weighted by Gasteiger charge is -2.21. The van der Waals surface area contributed by atoms with Crippen molar-refractivity contribution in [2.75, 3.05) is 39.9 Å². The zero-order valence-electron chi connectivity index (χ0n) is 12.3. The molecule has 0 N–H and O–H groups in total. The average molecular weight is 292 g/mol. The molecule has 2 fully saturated rings. The first-order chi connectivity index (χ1) is 10.2. The molecule has 0 radical (unpaired) electrons. The minimum absolute atomic E-state index is 0.127. The first-order valence-electron chi connectivity index (χ1n) is 7.42. The average Bonchev–Trinajstić information content (AvgIpc) is 2.99. The smallest absolute Gasteiger partial charge is 0.227 e. The van der Waals surface area contributed by atoms with Crippen LogP contribution in [0.2, 0.25) is 0 Å². The Hall–Kier alpha value is -1.46. The summed E-state index contributed by atoms with van der Waals surface area (Å²) < 4.78 is 18.0. The van der Waals surface area contributed by atoms with Gasteiger partial charge >= 0.3 is 0 Å². The van der Waals surface area contributed by atoms with Gasteiger partial charge in [0, 0.05) is 45.8 Å². The number of carbonyl (C=O) groups excluding carboxylic acids is 1. The van der Waals surface area contributed by atoms with E-state index in [0.29, 0.717) is 19.1 Å². The Morgan fingerprint density at radius 1 is 1.24 bits per heavy atom. The van der Waals surface area contributed by atoms with Gasteiger partial charge in [0.25, 0.3) is 0 Å². The van der Waals surface area contributed by atoms with E-state index in [2.05, 4.69) is 4.90 Å². The fraction of sp³-hybridized carbons (Fsp3) is 0.562. The minimum Gasteiger partial charge on any atom is -0.383 e. The standard InChI is InChI=1S/C16H21FN2O2/c1-21-7-6-19-10-13-9-18(11-15(13)16(19)20)8-12-2-4-14(17)5-3-12/h2-5,13,15H,6-11H2,1H3/t13-,15-/m0/s1. The van der Waals surface area contributed by atoms with E-state index >= 15 is 0 Å². The first-order valence-corrected chi connectivity index (χ1v) is 7.42. The predicted molar refractivity (Wildman–Crippen MR) is 77.1 cm³/mol. The van der Waals surface area contributed by atoms with E-state index in [4.69, 9.17) is 4.74 Å². The Kier molecular flexibility index (Phi) is 4.22. The molecule has 1 aromatic rings. The number of benzene rings is 1. The van der Waals surface area contributed by atoms with Crippen LogP contribution >= 0.6 is 0 Å². The van der Waals surface area contributed by atoms with Crippen LogP contribution in [0.1, 0.15) is 5.56 Å². The molecule has 0 aromatic heterocycles. The van der Waals surface area contributed by atoms with Gasteiger partial charge in [-0.25, -0.2) is 4.39 Å². The number of hydrogen-bond acceptors (Lipinski definition) is 3. The highest BCUT2D eigenvalue weighted by atomic mass is 19.1. The number of methoxy groups -OCH3 is 1. The van der Waals surface area contributed by atoms with Gasteiger partial charge in [-0.15, -0.1) is 0 Å². The van der Waals surface area contributed by atoms with E-state index in [0.717, 1.165) is 31.7 Å². The maximum atomic E-state index is 12.9. The molecule has 2 heterocycles. The summed E-state index contributed by atoms with van der Waals surface area (Å²) in [5.74, 6) is 0.608. The SMILES string of the molecule is COCCN1C[C@@H]2CN(Cc3ccc(F)cc3)C[C@@H]2C1=O. The lowest BCUT2D eigenvalue weighted by atomic mass is 10.0. The number of rotatable bonds is 5. The van der Waals surface area contributed by atoms with Crippen LogP contribution in [0.5, 0.6) is 0 Å². The highest BCUT2D eigenvalue weighted by molar-refractivity contribution is 5.82. The van der Waals surface area contributed by atoms with Crippen LogP contribution in [0.15, 0.2) is 24.3 Å². The normalized spacial score (nSPS) is 25.6. The van der Waals surface area contributed by atoms with Gasteiger partial charge in [-0.05, 0) is 17.7 Å². The van der Waals surface area contributed by atoms with Gasteiger partial charge < -0.3 is 9.64 Å². The number of carbonyl (C=O) groups is 1. The fourth-order valence-corrected chi connectivity index (χ4v) is 3.41. The van der Waals surface area contributed by atoms with Crippen molar-refractivity contribution in [2.45, 2.75) is 6.54 Å². The van der Waals surface area contributed by atoms with Crippen LogP contribution in [0.4, 0.5) is 4.39 Å². The van der Waals surface area contributed by atoms with Crippen molar-refractivity contribution in [2.24, 2.45) is 11.8 Å². The maximum absolute atomic E-state index is 12.9. The molecular formula is C16H21FN2O2. The molecule has 0 spiro atoms. The third kappa shape index (κ3) is 3.09.